The Hall–Kier alpha value is -2.36. The summed E-state index contributed by atoms with van der Waals surface area (Å²) < 4.78 is 5.54. The van der Waals surface area contributed by atoms with Gasteiger partial charge >= 0.3 is 0 Å². The molecule has 0 spiro atoms. The Kier molecular flexibility index (Phi) is 4.68. The van der Waals surface area contributed by atoms with Gasteiger partial charge in [-0.3, -0.25) is 9.78 Å². The Bertz CT molecular complexity index is 704. The summed E-state index contributed by atoms with van der Waals surface area (Å²) >= 11 is 0. The molecule has 4 rings (SSSR count). The fraction of sp³-hybridized carbons (Fsp3) is 0.429. The molecule has 25 heavy (non-hydrogen) atoms. The second kappa shape index (κ2) is 7.26. The fourth-order valence-corrected chi connectivity index (χ4v) is 4.60. The van der Waals surface area contributed by atoms with E-state index in [0.717, 1.165) is 0 Å². The number of fused-ring (bicyclic) bond motifs is 1. The third-order valence-electron chi connectivity index (χ3n) is 5.70. The Morgan fingerprint density at radius 3 is 2.64 bits per heavy atom. The molecule has 0 radical (unpaired) electrons. The van der Waals surface area contributed by atoms with Crippen LogP contribution in [0.5, 0.6) is 5.75 Å². The molecule has 0 unspecified atom stereocenters. The molecule has 1 N–H and O–H groups in total. The van der Waals surface area contributed by atoms with Crippen LogP contribution in [0.1, 0.15) is 37.2 Å². The van der Waals surface area contributed by atoms with Gasteiger partial charge in [0.15, 0.2) is 6.61 Å². The van der Waals surface area contributed by atoms with Gasteiger partial charge in [-0.15, -0.1) is 0 Å². The van der Waals surface area contributed by atoms with Crippen LogP contribution in [0.3, 0.4) is 0 Å². The minimum atomic E-state index is -0.0428. The number of rotatable bonds is 5. The van der Waals surface area contributed by atoms with Crippen LogP contribution in [0.15, 0.2) is 54.9 Å². The highest BCUT2D eigenvalue weighted by atomic mass is 16.5. The lowest BCUT2D eigenvalue weighted by atomic mass is 9.53. The van der Waals surface area contributed by atoms with Gasteiger partial charge in [0.2, 0.25) is 0 Å². The Balaban J connectivity index is 1.41. The summed E-state index contributed by atoms with van der Waals surface area (Å²) in [7, 11) is 0. The fourth-order valence-electron chi connectivity index (χ4n) is 4.60. The van der Waals surface area contributed by atoms with Crippen molar-refractivity contribution >= 4 is 5.91 Å². The predicted octanol–water partition coefficient (Wildman–Crippen LogP) is 3.55. The highest BCUT2D eigenvalue weighted by molar-refractivity contribution is 5.78. The highest BCUT2D eigenvalue weighted by Crippen LogP contribution is 2.54. The molecule has 2 aliphatic carbocycles. The number of nitrogens with one attached hydrogen (secondary N) is 1. The van der Waals surface area contributed by atoms with E-state index in [1.54, 1.807) is 18.5 Å². The van der Waals surface area contributed by atoms with E-state index in [4.69, 9.17) is 4.74 Å². The van der Waals surface area contributed by atoms with Crippen LogP contribution < -0.4 is 10.1 Å². The zero-order chi connectivity index (χ0) is 17.1. The lowest BCUT2D eigenvalue weighted by Gasteiger charge is -2.55. The van der Waals surface area contributed by atoms with E-state index >= 15 is 0 Å². The van der Waals surface area contributed by atoms with E-state index in [-0.39, 0.29) is 18.6 Å². The van der Waals surface area contributed by atoms with Crippen molar-refractivity contribution in [1.82, 2.24) is 10.3 Å². The van der Waals surface area contributed by atoms with Crippen LogP contribution >= 0.6 is 0 Å². The van der Waals surface area contributed by atoms with E-state index in [9.17, 15) is 4.79 Å². The molecule has 0 saturated heterocycles. The van der Waals surface area contributed by atoms with Gasteiger partial charge in [-0.2, -0.15) is 0 Å². The first-order valence-electron chi connectivity index (χ1n) is 9.20. The van der Waals surface area contributed by atoms with Gasteiger partial charge in [-0.05, 0) is 42.4 Å². The van der Waals surface area contributed by atoms with Crippen molar-refractivity contribution in [2.45, 2.75) is 37.6 Å². The number of amides is 1. The van der Waals surface area contributed by atoms with Crippen LogP contribution in [0.4, 0.5) is 0 Å². The van der Waals surface area contributed by atoms with E-state index in [0.29, 0.717) is 23.5 Å². The van der Waals surface area contributed by atoms with Gasteiger partial charge in [-0.1, -0.05) is 43.2 Å². The molecule has 130 valence electrons. The third kappa shape index (κ3) is 3.39. The zero-order valence-corrected chi connectivity index (χ0v) is 14.3. The molecule has 4 atom stereocenters. The molecule has 0 bridgehead atoms. The number of aromatic nitrogens is 1. The largest absolute Gasteiger partial charge is 0.482 e. The Morgan fingerprint density at radius 1 is 1.08 bits per heavy atom. The van der Waals surface area contributed by atoms with Crippen molar-refractivity contribution in [3.8, 4) is 5.75 Å². The maximum atomic E-state index is 12.4. The topological polar surface area (TPSA) is 51.2 Å². The van der Waals surface area contributed by atoms with Gasteiger partial charge in [0.1, 0.15) is 5.75 Å². The first-order chi connectivity index (χ1) is 12.3. The molecule has 2 aromatic rings. The summed E-state index contributed by atoms with van der Waals surface area (Å²) in [5.74, 6) is 2.34. The van der Waals surface area contributed by atoms with Crippen molar-refractivity contribution in [1.29, 1.82) is 0 Å². The van der Waals surface area contributed by atoms with Crippen molar-refractivity contribution in [3.63, 3.8) is 0 Å². The van der Waals surface area contributed by atoms with Gasteiger partial charge in [0.25, 0.3) is 5.91 Å². The average molecular weight is 336 g/mol. The molecule has 1 heterocycles. The first kappa shape index (κ1) is 16.1. The van der Waals surface area contributed by atoms with Crippen molar-refractivity contribution in [2.75, 3.05) is 6.61 Å². The monoisotopic (exact) mass is 336 g/mol. The third-order valence-corrected chi connectivity index (χ3v) is 5.70. The minimum Gasteiger partial charge on any atom is -0.482 e. The van der Waals surface area contributed by atoms with Gasteiger partial charge in [0.05, 0.1) is 6.20 Å². The summed E-state index contributed by atoms with van der Waals surface area (Å²) in [6.45, 7) is 0.0427. The molecule has 4 nitrogen and oxygen atoms in total. The molecule has 1 aromatic carbocycles. The number of benzene rings is 1. The molecule has 2 aliphatic rings. The highest BCUT2D eigenvalue weighted by Gasteiger charge is 2.51. The lowest BCUT2D eigenvalue weighted by molar-refractivity contribution is -0.126. The molecule has 2 saturated carbocycles. The number of ether oxygens (including phenoxy) is 1. The SMILES string of the molecule is O=C(COc1cccnc1)N[C@H]1[C@H]2CCCC[C@H]2[C@@H]1c1ccccc1. The quantitative estimate of drug-likeness (QED) is 0.908. The number of hydrogen-bond acceptors (Lipinski definition) is 3. The zero-order valence-electron chi connectivity index (χ0n) is 14.3. The molecule has 1 amide bonds. The average Bonchev–Trinajstić information content (AvgIpc) is 2.66. The molecule has 1 aromatic heterocycles. The summed E-state index contributed by atoms with van der Waals surface area (Å²) in [6, 6.07) is 14.5. The van der Waals surface area contributed by atoms with E-state index in [1.165, 1.54) is 31.2 Å². The number of nitrogens with zero attached hydrogens (tertiary/aromatic N) is 1. The maximum absolute atomic E-state index is 12.4. The van der Waals surface area contributed by atoms with E-state index in [2.05, 4.69) is 40.6 Å². The lowest BCUT2D eigenvalue weighted by Crippen LogP contribution is -2.59. The van der Waals surface area contributed by atoms with Gasteiger partial charge in [-0.25, -0.2) is 0 Å². The molecule has 0 aliphatic heterocycles. The molecular weight excluding hydrogens is 312 g/mol. The molecule has 2 fully saturated rings. The second-order valence-corrected chi connectivity index (χ2v) is 7.12. The second-order valence-electron chi connectivity index (χ2n) is 7.12. The Labute approximate surface area is 148 Å². The van der Waals surface area contributed by atoms with Crippen LogP contribution in [-0.4, -0.2) is 23.5 Å². The number of carbonyl (C=O) groups excluding carboxylic acids is 1. The maximum Gasteiger partial charge on any atom is 0.258 e. The van der Waals surface area contributed by atoms with E-state index < -0.39 is 0 Å². The van der Waals surface area contributed by atoms with E-state index in [1.807, 2.05) is 6.07 Å². The number of pyridine rings is 1. The van der Waals surface area contributed by atoms with Crippen molar-refractivity contribution < 1.29 is 9.53 Å². The normalized spacial score (nSPS) is 27.7. The van der Waals surface area contributed by atoms with Gasteiger partial charge < -0.3 is 10.1 Å². The van der Waals surface area contributed by atoms with Crippen molar-refractivity contribution in [2.24, 2.45) is 11.8 Å². The predicted molar refractivity (Wildman–Crippen MR) is 96.3 cm³/mol. The van der Waals surface area contributed by atoms with Crippen LogP contribution in [0, 0.1) is 11.8 Å². The van der Waals surface area contributed by atoms with Crippen LogP contribution in [-0.2, 0) is 4.79 Å². The van der Waals surface area contributed by atoms with Crippen LogP contribution in [0.2, 0.25) is 0 Å². The summed E-state index contributed by atoms with van der Waals surface area (Å²) in [5.41, 5.74) is 1.35. The summed E-state index contributed by atoms with van der Waals surface area (Å²) in [5, 5.41) is 3.25. The first-order valence-corrected chi connectivity index (χ1v) is 9.20. The Morgan fingerprint density at radius 2 is 1.88 bits per heavy atom. The van der Waals surface area contributed by atoms with Crippen LogP contribution in [0.25, 0.3) is 0 Å². The molecule has 4 heteroatoms. The smallest absolute Gasteiger partial charge is 0.258 e. The summed E-state index contributed by atoms with van der Waals surface area (Å²) in [6.07, 6.45) is 8.41. The summed E-state index contributed by atoms with van der Waals surface area (Å²) in [4.78, 5) is 16.4. The standard InChI is InChI=1S/C21H24N2O2/c24-19(14-25-16-9-6-12-22-13-16)23-21-18-11-5-4-10-17(18)20(21)15-7-2-1-3-8-15/h1-3,6-9,12-13,17-18,20-21H,4-5,10-11,14H2,(H,23,24)/t17-,18+,20+,21+/m1/s1. The van der Waals surface area contributed by atoms with Crippen molar-refractivity contribution in [3.05, 3.63) is 60.4 Å². The minimum absolute atomic E-state index is 0.0427. The number of carbonyl (C=O) groups is 1. The van der Waals surface area contributed by atoms with Gasteiger partial charge in [0, 0.05) is 18.2 Å². The number of hydrogen-bond donors (Lipinski definition) is 1. The molecular formula is C21H24N2O2.